The zero-order valence-corrected chi connectivity index (χ0v) is 18.2. The summed E-state index contributed by atoms with van der Waals surface area (Å²) in [5.74, 6) is 0.849. The van der Waals surface area contributed by atoms with E-state index in [1.165, 1.54) is 12.6 Å². The first-order chi connectivity index (χ1) is 14.4. The van der Waals surface area contributed by atoms with Crippen molar-refractivity contribution in [1.29, 1.82) is 0 Å². The van der Waals surface area contributed by atoms with Crippen LogP contribution in [-0.4, -0.2) is 32.6 Å². The highest BCUT2D eigenvalue weighted by atomic mass is 35.5. The van der Waals surface area contributed by atoms with E-state index < -0.39 is 0 Å². The molecule has 1 saturated carbocycles. The number of hydrogen-bond acceptors (Lipinski definition) is 4. The number of rotatable bonds is 4. The SMILES string of the molecule is CC(=O)N[C@H]1CCC[C@@H](C(=O)Nc2cc(-c3cnn4c3CC(C)CC4)c(Cl)cn2)C1. The molecule has 3 atom stereocenters. The summed E-state index contributed by atoms with van der Waals surface area (Å²) >= 11 is 6.47. The van der Waals surface area contributed by atoms with Gasteiger partial charge in [0.25, 0.3) is 0 Å². The Labute approximate surface area is 181 Å². The van der Waals surface area contributed by atoms with Crippen molar-refractivity contribution in [2.45, 2.75) is 65.0 Å². The van der Waals surface area contributed by atoms with Crippen molar-refractivity contribution in [3.8, 4) is 11.1 Å². The van der Waals surface area contributed by atoms with Gasteiger partial charge in [0.1, 0.15) is 5.82 Å². The van der Waals surface area contributed by atoms with Crippen molar-refractivity contribution in [3.63, 3.8) is 0 Å². The standard InChI is InChI=1S/C22H28ClN5O2/c1-13-6-7-28-20(8-13)18(11-25-28)17-10-21(24-12-19(17)23)27-22(30)15-4-3-5-16(9-15)26-14(2)29/h10-13,15-16H,3-9H2,1-2H3,(H,26,29)(H,24,27,30)/t13?,15-,16+/m1/s1. The lowest BCUT2D eigenvalue weighted by atomic mass is 9.85. The molecule has 2 aromatic heterocycles. The van der Waals surface area contributed by atoms with Crippen LogP contribution in [0, 0.1) is 11.8 Å². The highest BCUT2D eigenvalue weighted by Gasteiger charge is 2.28. The monoisotopic (exact) mass is 429 g/mol. The Morgan fingerprint density at radius 1 is 1.20 bits per heavy atom. The molecular formula is C22H28ClN5O2. The number of halogens is 1. The zero-order valence-electron chi connectivity index (χ0n) is 17.4. The third-order valence-electron chi connectivity index (χ3n) is 6.17. The lowest BCUT2D eigenvalue weighted by Gasteiger charge is -2.28. The Bertz CT molecular complexity index is 957. The van der Waals surface area contributed by atoms with E-state index in [4.69, 9.17) is 11.6 Å². The summed E-state index contributed by atoms with van der Waals surface area (Å²) in [5.41, 5.74) is 3.04. The lowest BCUT2D eigenvalue weighted by molar-refractivity contribution is -0.123. The molecule has 2 aromatic rings. The number of anilines is 1. The molecule has 1 fully saturated rings. The largest absolute Gasteiger partial charge is 0.354 e. The molecule has 4 rings (SSSR count). The molecule has 0 aromatic carbocycles. The van der Waals surface area contributed by atoms with Crippen LogP contribution in [0.4, 0.5) is 5.82 Å². The van der Waals surface area contributed by atoms with E-state index in [0.29, 0.717) is 23.2 Å². The van der Waals surface area contributed by atoms with Gasteiger partial charge in [-0.05, 0) is 44.1 Å². The summed E-state index contributed by atoms with van der Waals surface area (Å²) in [4.78, 5) is 28.5. The van der Waals surface area contributed by atoms with Gasteiger partial charge in [-0.15, -0.1) is 0 Å². The quantitative estimate of drug-likeness (QED) is 0.773. The number of nitrogens with one attached hydrogen (secondary N) is 2. The van der Waals surface area contributed by atoms with Crippen molar-refractivity contribution < 1.29 is 9.59 Å². The fourth-order valence-electron chi connectivity index (χ4n) is 4.61. The Kier molecular flexibility index (Phi) is 6.09. The predicted octanol–water partition coefficient (Wildman–Crippen LogP) is 3.81. The molecule has 2 N–H and O–H groups in total. The van der Waals surface area contributed by atoms with Gasteiger partial charge in [0, 0.05) is 48.4 Å². The van der Waals surface area contributed by atoms with E-state index in [9.17, 15) is 9.59 Å². The molecule has 3 heterocycles. The van der Waals surface area contributed by atoms with Crippen LogP contribution in [0.3, 0.4) is 0 Å². The van der Waals surface area contributed by atoms with Gasteiger partial charge in [0.15, 0.2) is 0 Å². The molecule has 1 aliphatic carbocycles. The van der Waals surface area contributed by atoms with E-state index in [1.807, 2.05) is 12.3 Å². The lowest BCUT2D eigenvalue weighted by Crippen LogP contribution is -2.40. The molecule has 0 radical (unpaired) electrons. The van der Waals surface area contributed by atoms with Crippen molar-refractivity contribution >= 4 is 29.2 Å². The van der Waals surface area contributed by atoms with Gasteiger partial charge in [0.05, 0.1) is 11.2 Å². The van der Waals surface area contributed by atoms with Crippen LogP contribution in [-0.2, 0) is 22.6 Å². The first kappa shape index (κ1) is 20.8. The Morgan fingerprint density at radius 2 is 2.03 bits per heavy atom. The number of amides is 2. The van der Waals surface area contributed by atoms with Crippen LogP contribution in [0.1, 0.15) is 51.6 Å². The summed E-state index contributed by atoms with van der Waals surface area (Å²) < 4.78 is 2.05. The van der Waals surface area contributed by atoms with E-state index in [-0.39, 0.29) is 23.8 Å². The van der Waals surface area contributed by atoms with Gasteiger partial charge in [-0.2, -0.15) is 5.10 Å². The summed E-state index contributed by atoms with van der Waals surface area (Å²) in [5, 5.41) is 11.0. The molecule has 0 saturated heterocycles. The van der Waals surface area contributed by atoms with Gasteiger partial charge in [0.2, 0.25) is 11.8 Å². The molecule has 1 unspecified atom stereocenters. The zero-order chi connectivity index (χ0) is 21.3. The van der Waals surface area contributed by atoms with E-state index in [1.54, 1.807) is 6.20 Å². The second-order valence-electron chi connectivity index (χ2n) is 8.63. The van der Waals surface area contributed by atoms with Gasteiger partial charge in [-0.25, -0.2) is 4.98 Å². The van der Waals surface area contributed by atoms with Crippen molar-refractivity contribution in [2.24, 2.45) is 11.8 Å². The van der Waals surface area contributed by atoms with Crippen molar-refractivity contribution in [2.75, 3.05) is 5.32 Å². The van der Waals surface area contributed by atoms with E-state index >= 15 is 0 Å². The number of pyridine rings is 1. The highest BCUT2D eigenvalue weighted by Crippen LogP contribution is 2.35. The first-order valence-electron chi connectivity index (χ1n) is 10.7. The summed E-state index contributed by atoms with van der Waals surface area (Å²) in [6.07, 6.45) is 8.84. The fraction of sp³-hybridized carbons (Fsp3) is 0.545. The minimum Gasteiger partial charge on any atom is -0.354 e. The molecule has 2 aliphatic rings. The molecule has 0 bridgehead atoms. The molecule has 1 aliphatic heterocycles. The second-order valence-corrected chi connectivity index (χ2v) is 9.03. The molecule has 7 nitrogen and oxygen atoms in total. The minimum atomic E-state index is -0.138. The third-order valence-corrected chi connectivity index (χ3v) is 6.47. The maximum absolute atomic E-state index is 12.8. The molecule has 0 spiro atoms. The van der Waals surface area contributed by atoms with Crippen LogP contribution in [0.2, 0.25) is 5.02 Å². The number of nitrogens with zero attached hydrogens (tertiary/aromatic N) is 3. The third kappa shape index (κ3) is 4.51. The maximum Gasteiger partial charge on any atom is 0.228 e. The van der Waals surface area contributed by atoms with Gasteiger partial charge >= 0.3 is 0 Å². The van der Waals surface area contributed by atoms with Crippen LogP contribution in [0.5, 0.6) is 0 Å². The molecule has 30 heavy (non-hydrogen) atoms. The Hall–Kier alpha value is -2.41. The minimum absolute atomic E-state index is 0.0519. The van der Waals surface area contributed by atoms with Gasteiger partial charge in [-0.1, -0.05) is 24.9 Å². The fourth-order valence-corrected chi connectivity index (χ4v) is 4.81. The normalized spacial score (nSPS) is 23.5. The molecule has 160 valence electrons. The highest BCUT2D eigenvalue weighted by molar-refractivity contribution is 6.33. The number of carbonyl (C=O) groups excluding carboxylic acids is 2. The number of fused-ring (bicyclic) bond motifs is 1. The Morgan fingerprint density at radius 3 is 2.83 bits per heavy atom. The number of carbonyl (C=O) groups is 2. The van der Waals surface area contributed by atoms with Crippen LogP contribution < -0.4 is 10.6 Å². The average molecular weight is 430 g/mol. The summed E-state index contributed by atoms with van der Waals surface area (Å²) in [6, 6.07) is 1.90. The van der Waals surface area contributed by atoms with Crippen LogP contribution in [0.25, 0.3) is 11.1 Å². The van der Waals surface area contributed by atoms with Gasteiger partial charge in [-0.3, -0.25) is 14.3 Å². The van der Waals surface area contributed by atoms with Crippen molar-refractivity contribution in [1.82, 2.24) is 20.1 Å². The number of hydrogen-bond donors (Lipinski definition) is 2. The smallest absolute Gasteiger partial charge is 0.228 e. The summed E-state index contributed by atoms with van der Waals surface area (Å²) in [6.45, 7) is 4.68. The van der Waals surface area contributed by atoms with E-state index in [2.05, 4.69) is 32.3 Å². The Balaban J connectivity index is 1.51. The van der Waals surface area contributed by atoms with Crippen molar-refractivity contribution in [3.05, 3.63) is 29.2 Å². The number of aryl methyl sites for hydroxylation is 1. The predicted molar refractivity (Wildman–Crippen MR) is 116 cm³/mol. The summed E-state index contributed by atoms with van der Waals surface area (Å²) in [7, 11) is 0. The topological polar surface area (TPSA) is 88.9 Å². The second kappa shape index (κ2) is 8.76. The molecular weight excluding hydrogens is 402 g/mol. The first-order valence-corrected chi connectivity index (χ1v) is 11.1. The maximum atomic E-state index is 12.8. The molecule has 8 heteroatoms. The van der Waals surface area contributed by atoms with Crippen LogP contribution in [0.15, 0.2) is 18.5 Å². The van der Waals surface area contributed by atoms with E-state index in [0.717, 1.165) is 49.8 Å². The van der Waals surface area contributed by atoms with Crippen LogP contribution >= 0.6 is 11.6 Å². The average Bonchev–Trinajstić information content (AvgIpc) is 3.12. The molecule has 2 amide bonds. The number of aromatic nitrogens is 3. The van der Waals surface area contributed by atoms with Gasteiger partial charge < -0.3 is 10.6 Å².